The summed E-state index contributed by atoms with van der Waals surface area (Å²) in [5.41, 5.74) is 3.31. The summed E-state index contributed by atoms with van der Waals surface area (Å²) in [6.07, 6.45) is 1.44. The van der Waals surface area contributed by atoms with Gasteiger partial charge in [-0.05, 0) is 67.9 Å². The zero-order chi connectivity index (χ0) is 27.5. The summed E-state index contributed by atoms with van der Waals surface area (Å²) in [6, 6.07) is 17.1. The standard InChI is InChI=1S/C28H24Cl3N5O3/c1-3-38-24-12-17(5-11-23(24)39-14-18-4-6-20(30)13-22(18)31)26-25(16(2)34-28-32-15-33-36(26)28)27(37)35-21-9-7-19(29)8-10-21/h4-13,15,26H,3,14H2,1-2H3,(H,35,37)(H,32,33,34)/t26-/m0/s1. The number of allylic oxidation sites excluding steroid dienone is 1. The average Bonchev–Trinajstić information content (AvgIpc) is 3.37. The van der Waals surface area contributed by atoms with E-state index >= 15 is 0 Å². The molecule has 0 saturated heterocycles. The van der Waals surface area contributed by atoms with Gasteiger partial charge in [-0.3, -0.25) is 4.79 Å². The summed E-state index contributed by atoms with van der Waals surface area (Å²) in [5.74, 6) is 1.29. The number of ether oxygens (including phenoxy) is 2. The Bertz CT molecular complexity index is 1550. The summed E-state index contributed by atoms with van der Waals surface area (Å²) in [5, 5.41) is 12.2. The lowest BCUT2D eigenvalue weighted by Crippen LogP contribution is -2.31. The Morgan fingerprint density at radius 1 is 1.00 bits per heavy atom. The van der Waals surface area contributed by atoms with E-state index in [-0.39, 0.29) is 12.5 Å². The molecule has 0 saturated carbocycles. The number of carbonyl (C=O) groups is 1. The number of anilines is 2. The van der Waals surface area contributed by atoms with E-state index in [1.807, 2.05) is 38.1 Å². The molecule has 0 aliphatic carbocycles. The predicted octanol–water partition coefficient (Wildman–Crippen LogP) is 7.14. The van der Waals surface area contributed by atoms with Gasteiger partial charge in [-0.2, -0.15) is 10.1 Å². The normalized spacial score (nSPS) is 14.4. The van der Waals surface area contributed by atoms with Gasteiger partial charge in [0.25, 0.3) is 5.91 Å². The van der Waals surface area contributed by atoms with Gasteiger partial charge in [-0.15, -0.1) is 0 Å². The number of amides is 1. The van der Waals surface area contributed by atoms with Crippen LogP contribution in [-0.4, -0.2) is 27.3 Å². The van der Waals surface area contributed by atoms with Crippen molar-refractivity contribution >= 4 is 52.3 Å². The Hall–Kier alpha value is -3.72. The number of halogens is 3. The Morgan fingerprint density at radius 2 is 1.77 bits per heavy atom. The SMILES string of the molecule is CCOc1cc([C@H]2C(C(=O)Nc3ccc(Cl)cc3)=C(C)Nc3ncnn32)ccc1OCc1ccc(Cl)cc1Cl. The third kappa shape index (κ3) is 5.83. The van der Waals surface area contributed by atoms with Crippen molar-refractivity contribution in [2.75, 3.05) is 17.2 Å². The molecule has 1 aliphatic rings. The molecule has 5 rings (SSSR count). The van der Waals surface area contributed by atoms with Crippen molar-refractivity contribution in [3.63, 3.8) is 0 Å². The van der Waals surface area contributed by atoms with Crippen molar-refractivity contribution in [1.29, 1.82) is 0 Å². The van der Waals surface area contributed by atoms with Gasteiger partial charge in [0, 0.05) is 32.0 Å². The zero-order valence-electron chi connectivity index (χ0n) is 21.0. The molecule has 39 heavy (non-hydrogen) atoms. The monoisotopic (exact) mass is 583 g/mol. The Labute approximate surface area is 240 Å². The van der Waals surface area contributed by atoms with Crippen LogP contribution in [0.15, 0.2) is 78.3 Å². The number of nitrogens with zero attached hydrogens (tertiary/aromatic N) is 3. The molecule has 8 nitrogen and oxygen atoms in total. The van der Waals surface area contributed by atoms with Crippen LogP contribution in [0.4, 0.5) is 11.6 Å². The minimum absolute atomic E-state index is 0.226. The molecule has 0 bridgehead atoms. The van der Waals surface area contributed by atoms with E-state index in [1.54, 1.807) is 41.1 Å². The lowest BCUT2D eigenvalue weighted by Gasteiger charge is -2.29. The van der Waals surface area contributed by atoms with E-state index in [2.05, 4.69) is 20.7 Å². The van der Waals surface area contributed by atoms with E-state index < -0.39 is 6.04 Å². The summed E-state index contributed by atoms with van der Waals surface area (Å²) >= 11 is 18.3. The Balaban J connectivity index is 1.48. The molecular weight excluding hydrogens is 561 g/mol. The minimum Gasteiger partial charge on any atom is -0.490 e. The van der Waals surface area contributed by atoms with Crippen LogP contribution in [0, 0.1) is 0 Å². The maximum absolute atomic E-state index is 13.6. The van der Waals surface area contributed by atoms with Crippen LogP contribution < -0.4 is 20.1 Å². The Morgan fingerprint density at radius 3 is 2.51 bits per heavy atom. The Kier molecular flexibility index (Phi) is 7.97. The second-order valence-electron chi connectivity index (χ2n) is 8.72. The maximum Gasteiger partial charge on any atom is 0.255 e. The highest BCUT2D eigenvalue weighted by molar-refractivity contribution is 6.35. The quantitative estimate of drug-likeness (QED) is 0.229. The van der Waals surface area contributed by atoms with Gasteiger partial charge in [-0.25, -0.2) is 4.68 Å². The second kappa shape index (κ2) is 11.6. The molecule has 1 aliphatic heterocycles. The molecule has 3 aromatic carbocycles. The van der Waals surface area contributed by atoms with E-state index in [0.717, 1.165) is 11.1 Å². The fourth-order valence-corrected chi connectivity index (χ4v) is 4.89. The van der Waals surface area contributed by atoms with Crippen LogP contribution in [0.5, 0.6) is 11.5 Å². The van der Waals surface area contributed by atoms with Gasteiger partial charge < -0.3 is 20.1 Å². The maximum atomic E-state index is 13.6. The van der Waals surface area contributed by atoms with Gasteiger partial charge in [0.1, 0.15) is 19.0 Å². The number of rotatable bonds is 8. The fraction of sp³-hybridized carbons (Fsp3) is 0.179. The van der Waals surface area contributed by atoms with Crippen molar-refractivity contribution < 1.29 is 14.3 Å². The third-order valence-electron chi connectivity index (χ3n) is 6.12. The van der Waals surface area contributed by atoms with Gasteiger partial charge >= 0.3 is 0 Å². The molecule has 2 N–H and O–H groups in total. The summed E-state index contributed by atoms with van der Waals surface area (Å²) in [6.45, 7) is 4.37. The molecule has 200 valence electrons. The van der Waals surface area contributed by atoms with Crippen LogP contribution in [0.3, 0.4) is 0 Å². The molecule has 4 aromatic rings. The number of hydrogen-bond acceptors (Lipinski definition) is 6. The first kappa shape index (κ1) is 26.9. The molecule has 1 amide bonds. The van der Waals surface area contributed by atoms with E-state index in [9.17, 15) is 4.79 Å². The van der Waals surface area contributed by atoms with Gasteiger partial charge in [0.15, 0.2) is 11.5 Å². The van der Waals surface area contributed by atoms with Crippen molar-refractivity contribution in [1.82, 2.24) is 14.8 Å². The summed E-state index contributed by atoms with van der Waals surface area (Å²) < 4.78 is 13.7. The van der Waals surface area contributed by atoms with Gasteiger partial charge in [0.05, 0.1) is 12.2 Å². The zero-order valence-corrected chi connectivity index (χ0v) is 23.3. The second-order valence-corrected chi connectivity index (χ2v) is 10.00. The molecule has 0 spiro atoms. The largest absolute Gasteiger partial charge is 0.490 e. The molecule has 1 atom stereocenters. The lowest BCUT2D eigenvalue weighted by atomic mass is 9.94. The topological polar surface area (TPSA) is 90.3 Å². The van der Waals surface area contributed by atoms with E-state index in [0.29, 0.717) is 56.1 Å². The van der Waals surface area contributed by atoms with Crippen molar-refractivity contribution in [3.8, 4) is 11.5 Å². The van der Waals surface area contributed by atoms with Crippen molar-refractivity contribution in [2.45, 2.75) is 26.5 Å². The number of nitrogens with one attached hydrogen (secondary N) is 2. The molecule has 0 radical (unpaired) electrons. The van der Waals surface area contributed by atoms with E-state index in [1.165, 1.54) is 6.33 Å². The molecule has 0 fully saturated rings. The van der Waals surface area contributed by atoms with Crippen LogP contribution in [-0.2, 0) is 11.4 Å². The molecule has 11 heteroatoms. The van der Waals surface area contributed by atoms with Crippen molar-refractivity contribution in [2.24, 2.45) is 0 Å². The first-order chi connectivity index (χ1) is 18.8. The first-order valence-corrected chi connectivity index (χ1v) is 13.2. The van der Waals surface area contributed by atoms with E-state index in [4.69, 9.17) is 44.3 Å². The highest BCUT2D eigenvalue weighted by atomic mass is 35.5. The number of carbonyl (C=O) groups excluding carboxylic acids is 1. The summed E-state index contributed by atoms with van der Waals surface area (Å²) in [7, 11) is 0. The number of fused-ring (bicyclic) bond motifs is 1. The van der Waals surface area contributed by atoms with Crippen LogP contribution >= 0.6 is 34.8 Å². The van der Waals surface area contributed by atoms with Crippen molar-refractivity contribution in [3.05, 3.63) is 104 Å². The molecule has 1 aromatic heterocycles. The van der Waals surface area contributed by atoms with Crippen LogP contribution in [0.2, 0.25) is 15.1 Å². The lowest BCUT2D eigenvalue weighted by molar-refractivity contribution is -0.113. The number of aromatic nitrogens is 3. The highest BCUT2D eigenvalue weighted by Crippen LogP contribution is 2.39. The smallest absolute Gasteiger partial charge is 0.255 e. The van der Waals surface area contributed by atoms with Crippen LogP contribution in [0.25, 0.3) is 0 Å². The van der Waals surface area contributed by atoms with Gasteiger partial charge in [-0.1, -0.05) is 46.9 Å². The first-order valence-electron chi connectivity index (χ1n) is 12.1. The predicted molar refractivity (Wildman–Crippen MR) is 153 cm³/mol. The summed E-state index contributed by atoms with van der Waals surface area (Å²) in [4.78, 5) is 17.9. The highest BCUT2D eigenvalue weighted by Gasteiger charge is 2.34. The fourth-order valence-electron chi connectivity index (χ4n) is 4.30. The minimum atomic E-state index is -0.574. The average molecular weight is 585 g/mol. The number of benzene rings is 3. The molecule has 2 heterocycles. The molecular formula is C28H24Cl3N5O3. The van der Waals surface area contributed by atoms with Gasteiger partial charge in [0.2, 0.25) is 5.95 Å². The molecule has 0 unspecified atom stereocenters. The van der Waals surface area contributed by atoms with Crippen LogP contribution in [0.1, 0.15) is 31.0 Å². The third-order valence-corrected chi connectivity index (χ3v) is 6.96. The number of hydrogen-bond donors (Lipinski definition) is 2.